The summed E-state index contributed by atoms with van der Waals surface area (Å²) in [6.07, 6.45) is 3.95. The highest BCUT2D eigenvalue weighted by Gasteiger charge is 2.26. The van der Waals surface area contributed by atoms with E-state index in [0.29, 0.717) is 6.04 Å². The first-order chi connectivity index (χ1) is 7.16. The second-order valence-electron chi connectivity index (χ2n) is 3.99. The zero-order chi connectivity index (χ0) is 10.8. The third-order valence-corrected chi connectivity index (χ3v) is 2.65. The zero-order valence-corrected chi connectivity index (χ0v) is 8.68. The highest BCUT2D eigenvalue weighted by atomic mass is 16.4. The van der Waals surface area contributed by atoms with Crippen molar-refractivity contribution in [1.82, 2.24) is 9.88 Å². The summed E-state index contributed by atoms with van der Waals surface area (Å²) >= 11 is 0. The Balaban J connectivity index is 1.99. The lowest BCUT2D eigenvalue weighted by molar-refractivity contribution is 0.0696. The lowest BCUT2D eigenvalue weighted by atomic mass is 10.2. The number of hydrogen-bond acceptors (Lipinski definition) is 3. The number of carboxylic acid groups (broad SMARTS) is 1. The molecule has 1 saturated carbocycles. The van der Waals surface area contributed by atoms with Gasteiger partial charge in [0, 0.05) is 18.8 Å². The summed E-state index contributed by atoms with van der Waals surface area (Å²) in [6, 6.07) is 4.08. The molecule has 4 nitrogen and oxygen atoms in total. The summed E-state index contributed by atoms with van der Waals surface area (Å²) in [4.78, 5) is 17.0. The maximum atomic E-state index is 10.6. The predicted molar refractivity (Wildman–Crippen MR) is 55.7 cm³/mol. The smallest absolute Gasteiger partial charge is 0.337 e. The minimum atomic E-state index is -0.926. The Morgan fingerprint density at radius 3 is 2.80 bits per heavy atom. The van der Waals surface area contributed by atoms with E-state index in [4.69, 9.17) is 5.11 Å². The van der Waals surface area contributed by atoms with Gasteiger partial charge in [0.05, 0.1) is 11.3 Å². The van der Waals surface area contributed by atoms with Crippen molar-refractivity contribution in [3.8, 4) is 0 Å². The molecule has 0 saturated heterocycles. The van der Waals surface area contributed by atoms with E-state index in [1.807, 2.05) is 0 Å². The standard InChI is InChI=1S/C11H14N2O2/c1-13(10-4-5-10)7-9-3-2-8(6-12-9)11(14)15/h2-3,6,10H,4-5,7H2,1H3,(H,14,15). The van der Waals surface area contributed by atoms with Gasteiger partial charge in [-0.1, -0.05) is 0 Å². The molecule has 1 aliphatic rings. The average Bonchev–Trinajstić information content (AvgIpc) is 3.01. The molecule has 1 heterocycles. The third kappa shape index (κ3) is 2.53. The molecule has 1 aliphatic carbocycles. The molecule has 1 N–H and O–H groups in total. The summed E-state index contributed by atoms with van der Waals surface area (Å²) in [5, 5.41) is 8.71. The molecule has 15 heavy (non-hydrogen) atoms. The van der Waals surface area contributed by atoms with E-state index in [9.17, 15) is 4.79 Å². The second kappa shape index (κ2) is 3.98. The van der Waals surface area contributed by atoms with Crippen LogP contribution in [-0.4, -0.2) is 34.0 Å². The van der Waals surface area contributed by atoms with Crippen molar-refractivity contribution in [2.24, 2.45) is 0 Å². The molecular formula is C11H14N2O2. The SMILES string of the molecule is CN(Cc1ccc(C(=O)O)cn1)C1CC1. The summed E-state index contributed by atoms with van der Waals surface area (Å²) < 4.78 is 0. The van der Waals surface area contributed by atoms with Gasteiger partial charge in [-0.05, 0) is 32.0 Å². The number of nitrogens with zero attached hydrogens (tertiary/aromatic N) is 2. The first-order valence-electron chi connectivity index (χ1n) is 5.05. The molecule has 1 aromatic heterocycles. The molecule has 0 atom stereocenters. The number of pyridine rings is 1. The number of carboxylic acids is 1. The topological polar surface area (TPSA) is 53.4 Å². The van der Waals surface area contributed by atoms with Crippen LogP contribution in [0.1, 0.15) is 28.9 Å². The van der Waals surface area contributed by atoms with Crippen LogP contribution in [0.5, 0.6) is 0 Å². The van der Waals surface area contributed by atoms with Crippen molar-refractivity contribution in [2.45, 2.75) is 25.4 Å². The van der Waals surface area contributed by atoms with Crippen LogP contribution in [0, 0.1) is 0 Å². The van der Waals surface area contributed by atoms with Gasteiger partial charge in [0.25, 0.3) is 0 Å². The van der Waals surface area contributed by atoms with Crippen LogP contribution < -0.4 is 0 Å². The quantitative estimate of drug-likeness (QED) is 0.808. The van der Waals surface area contributed by atoms with Gasteiger partial charge in [0.15, 0.2) is 0 Å². The van der Waals surface area contributed by atoms with E-state index in [1.54, 1.807) is 12.1 Å². The van der Waals surface area contributed by atoms with E-state index in [-0.39, 0.29) is 5.56 Å². The van der Waals surface area contributed by atoms with Crippen LogP contribution in [0.25, 0.3) is 0 Å². The Bertz CT molecular complexity index is 357. The highest BCUT2D eigenvalue weighted by Crippen LogP contribution is 2.26. The molecule has 1 fully saturated rings. The van der Waals surface area contributed by atoms with Gasteiger partial charge in [0.2, 0.25) is 0 Å². The zero-order valence-electron chi connectivity index (χ0n) is 8.68. The molecule has 0 bridgehead atoms. The fourth-order valence-corrected chi connectivity index (χ4v) is 1.54. The number of aromatic carboxylic acids is 1. The molecule has 80 valence electrons. The summed E-state index contributed by atoms with van der Waals surface area (Å²) in [7, 11) is 2.07. The predicted octanol–water partition coefficient (Wildman–Crippen LogP) is 1.37. The number of hydrogen-bond donors (Lipinski definition) is 1. The molecule has 0 aliphatic heterocycles. The van der Waals surface area contributed by atoms with Crippen molar-refractivity contribution in [3.05, 3.63) is 29.6 Å². The maximum Gasteiger partial charge on any atom is 0.337 e. The number of carbonyl (C=O) groups is 1. The van der Waals surface area contributed by atoms with Crippen molar-refractivity contribution in [1.29, 1.82) is 0 Å². The minimum Gasteiger partial charge on any atom is -0.478 e. The van der Waals surface area contributed by atoms with Gasteiger partial charge in [-0.3, -0.25) is 9.88 Å². The molecule has 0 unspecified atom stereocenters. The van der Waals surface area contributed by atoms with E-state index in [2.05, 4.69) is 16.9 Å². The summed E-state index contributed by atoms with van der Waals surface area (Å²) in [5.41, 5.74) is 1.17. The monoisotopic (exact) mass is 206 g/mol. The Labute approximate surface area is 88.6 Å². The molecule has 1 aromatic rings. The second-order valence-corrected chi connectivity index (χ2v) is 3.99. The molecular weight excluding hydrogens is 192 g/mol. The molecule has 0 radical (unpaired) electrons. The molecule has 4 heteroatoms. The van der Waals surface area contributed by atoms with Crippen LogP contribution in [0.15, 0.2) is 18.3 Å². The largest absolute Gasteiger partial charge is 0.478 e. The Morgan fingerprint density at radius 2 is 2.33 bits per heavy atom. The molecule has 2 rings (SSSR count). The van der Waals surface area contributed by atoms with Crippen LogP contribution >= 0.6 is 0 Å². The molecule has 0 spiro atoms. The van der Waals surface area contributed by atoms with Crippen molar-refractivity contribution in [3.63, 3.8) is 0 Å². The van der Waals surface area contributed by atoms with E-state index < -0.39 is 5.97 Å². The third-order valence-electron chi connectivity index (χ3n) is 2.65. The average molecular weight is 206 g/mol. The first-order valence-corrected chi connectivity index (χ1v) is 5.05. The normalized spacial score (nSPS) is 15.6. The summed E-state index contributed by atoms with van der Waals surface area (Å²) in [6.45, 7) is 0.796. The fourth-order valence-electron chi connectivity index (χ4n) is 1.54. The van der Waals surface area contributed by atoms with Crippen LogP contribution in [0.2, 0.25) is 0 Å². The van der Waals surface area contributed by atoms with E-state index in [1.165, 1.54) is 19.0 Å². The van der Waals surface area contributed by atoms with Crippen LogP contribution in [0.4, 0.5) is 0 Å². The number of aromatic nitrogens is 1. The van der Waals surface area contributed by atoms with Gasteiger partial charge in [0.1, 0.15) is 0 Å². The first kappa shape index (κ1) is 10.1. The minimum absolute atomic E-state index is 0.243. The van der Waals surface area contributed by atoms with E-state index in [0.717, 1.165) is 12.2 Å². The molecule has 0 amide bonds. The van der Waals surface area contributed by atoms with Gasteiger partial charge >= 0.3 is 5.97 Å². The number of rotatable bonds is 4. The van der Waals surface area contributed by atoms with Crippen molar-refractivity contribution in [2.75, 3.05) is 7.05 Å². The van der Waals surface area contributed by atoms with Gasteiger partial charge in [-0.2, -0.15) is 0 Å². The molecule has 0 aromatic carbocycles. The van der Waals surface area contributed by atoms with Crippen molar-refractivity contribution >= 4 is 5.97 Å². The highest BCUT2D eigenvalue weighted by molar-refractivity contribution is 5.87. The van der Waals surface area contributed by atoms with Gasteiger partial charge in [-0.25, -0.2) is 4.79 Å². The lowest BCUT2D eigenvalue weighted by Gasteiger charge is -2.14. The Kier molecular flexibility index (Phi) is 2.68. The van der Waals surface area contributed by atoms with Gasteiger partial charge < -0.3 is 5.11 Å². The van der Waals surface area contributed by atoms with Gasteiger partial charge in [-0.15, -0.1) is 0 Å². The van der Waals surface area contributed by atoms with Crippen LogP contribution in [-0.2, 0) is 6.54 Å². The fraction of sp³-hybridized carbons (Fsp3) is 0.455. The van der Waals surface area contributed by atoms with E-state index >= 15 is 0 Å². The maximum absolute atomic E-state index is 10.6. The van der Waals surface area contributed by atoms with Crippen molar-refractivity contribution < 1.29 is 9.90 Å². The van der Waals surface area contributed by atoms with Crippen LogP contribution in [0.3, 0.4) is 0 Å². The summed E-state index contributed by atoms with van der Waals surface area (Å²) in [5.74, 6) is -0.926. The Morgan fingerprint density at radius 1 is 1.60 bits per heavy atom. The Hall–Kier alpha value is -1.42. The lowest BCUT2D eigenvalue weighted by Crippen LogP contribution is -2.20.